The molecule has 4 heteroatoms. The standard InChI is InChI=1S/C13H17NO3/c1-14(2)9-10-4-6-12(17-3)11(8-10)5-7-13(15)16/h4-8H,9H2,1-3H3,(H,15,16). The van der Waals surface area contributed by atoms with Gasteiger partial charge in [0.2, 0.25) is 0 Å². The molecule has 1 aromatic rings. The lowest BCUT2D eigenvalue weighted by Crippen LogP contribution is -2.10. The van der Waals surface area contributed by atoms with Crippen molar-refractivity contribution >= 4 is 12.0 Å². The fourth-order valence-corrected chi connectivity index (χ4v) is 1.54. The highest BCUT2D eigenvalue weighted by Crippen LogP contribution is 2.21. The normalized spacial score (nSPS) is 11.1. The van der Waals surface area contributed by atoms with Gasteiger partial charge in [-0.3, -0.25) is 0 Å². The first kappa shape index (κ1) is 13.3. The predicted molar refractivity (Wildman–Crippen MR) is 67.1 cm³/mol. The van der Waals surface area contributed by atoms with E-state index in [0.717, 1.165) is 23.7 Å². The zero-order chi connectivity index (χ0) is 12.8. The van der Waals surface area contributed by atoms with Gasteiger partial charge in [0.25, 0.3) is 0 Å². The minimum Gasteiger partial charge on any atom is -0.496 e. The van der Waals surface area contributed by atoms with Gasteiger partial charge in [-0.1, -0.05) is 6.07 Å². The molecule has 0 aliphatic rings. The monoisotopic (exact) mass is 235 g/mol. The van der Waals surface area contributed by atoms with Gasteiger partial charge in [0.1, 0.15) is 5.75 Å². The van der Waals surface area contributed by atoms with Gasteiger partial charge in [-0.2, -0.15) is 0 Å². The van der Waals surface area contributed by atoms with Gasteiger partial charge in [-0.15, -0.1) is 0 Å². The number of benzene rings is 1. The van der Waals surface area contributed by atoms with Crippen LogP contribution < -0.4 is 4.74 Å². The third kappa shape index (κ3) is 4.28. The summed E-state index contributed by atoms with van der Waals surface area (Å²) in [5.41, 5.74) is 1.88. The molecular weight excluding hydrogens is 218 g/mol. The summed E-state index contributed by atoms with van der Waals surface area (Å²) in [7, 11) is 5.53. The first-order chi connectivity index (χ1) is 8.02. The molecule has 0 heterocycles. The Labute approximate surface area is 101 Å². The number of aliphatic carboxylic acids is 1. The van der Waals surface area contributed by atoms with Crippen LogP contribution >= 0.6 is 0 Å². The quantitative estimate of drug-likeness (QED) is 0.791. The van der Waals surface area contributed by atoms with Crippen LogP contribution in [0.4, 0.5) is 0 Å². The second kappa shape index (κ2) is 6.06. The van der Waals surface area contributed by atoms with E-state index in [-0.39, 0.29) is 0 Å². The minimum atomic E-state index is -0.968. The van der Waals surface area contributed by atoms with Gasteiger partial charge in [-0.25, -0.2) is 4.79 Å². The van der Waals surface area contributed by atoms with Gasteiger partial charge in [0.15, 0.2) is 0 Å². The van der Waals surface area contributed by atoms with E-state index in [2.05, 4.69) is 0 Å². The second-order valence-corrected chi connectivity index (χ2v) is 3.99. The summed E-state index contributed by atoms with van der Waals surface area (Å²) in [6.07, 6.45) is 2.65. The van der Waals surface area contributed by atoms with Crippen LogP contribution in [0.1, 0.15) is 11.1 Å². The summed E-state index contributed by atoms with van der Waals surface area (Å²) in [6.45, 7) is 0.803. The van der Waals surface area contributed by atoms with Crippen molar-refractivity contribution in [3.05, 3.63) is 35.4 Å². The predicted octanol–water partition coefficient (Wildman–Crippen LogP) is 1.85. The van der Waals surface area contributed by atoms with Gasteiger partial charge in [-0.05, 0) is 37.9 Å². The summed E-state index contributed by atoms with van der Waals surface area (Å²) in [4.78, 5) is 12.5. The number of methoxy groups -OCH3 is 1. The third-order valence-corrected chi connectivity index (χ3v) is 2.20. The molecule has 0 saturated carbocycles. The molecule has 4 nitrogen and oxygen atoms in total. The first-order valence-electron chi connectivity index (χ1n) is 5.25. The van der Waals surface area contributed by atoms with E-state index in [9.17, 15) is 4.79 Å². The number of hydrogen-bond acceptors (Lipinski definition) is 3. The Bertz CT molecular complexity index is 425. The van der Waals surface area contributed by atoms with Gasteiger partial charge in [0, 0.05) is 18.2 Å². The minimum absolute atomic E-state index is 0.671. The molecule has 1 aromatic carbocycles. The molecule has 0 atom stereocenters. The Morgan fingerprint density at radius 3 is 2.71 bits per heavy atom. The Hall–Kier alpha value is -1.81. The highest BCUT2D eigenvalue weighted by molar-refractivity contribution is 5.85. The Morgan fingerprint density at radius 1 is 1.47 bits per heavy atom. The van der Waals surface area contributed by atoms with Crippen molar-refractivity contribution in [3.8, 4) is 5.75 Å². The van der Waals surface area contributed by atoms with E-state index in [4.69, 9.17) is 9.84 Å². The fraction of sp³-hybridized carbons (Fsp3) is 0.308. The van der Waals surface area contributed by atoms with Crippen LogP contribution in [0.2, 0.25) is 0 Å². The average Bonchev–Trinajstić information content (AvgIpc) is 2.25. The molecule has 0 amide bonds. The van der Waals surface area contributed by atoms with Crippen molar-refractivity contribution in [3.63, 3.8) is 0 Å². The van der Waals surface area contributed by atoms with Crippen molar-refractivity contribution < 1.29 is 14.6 Å². The number of carboxylic acids is 1. The van der Waals surface area contributed by atoms with Crippen LogP contribution in [0.3, 0.4) is 0 Å². The van der Waals surface area contributed by atoms with Crippen molar-refractivity contribution in [2.24, 2.45) is 0 Å². The molecular formula is C13H17NO3. The zero-order valence-corrected chi connectivity index (χ0v) is 10.3. The zero-order valence-electron chi connectivity index (χ0n) is 10.3. The SMILES string of the molecule is COc1ccc(CN(C)C)cc1C=CC(=O)O. The van der Waals surface area contributed by atoms with E-state index < -0.39 is 5.97 Å². The van der Waals surface area contributed by atoms with Gasteiger partial charge in [0.05, 0.1) is 7.11 Å². The van der Waals surface area contributed by atoms with Crippen LogP contribution in [0, 0.1) is 0 Å². The molecule has 17 heavy (non-hydrogen) atoms. The summed E-state index contributed by atoms with van der Waals surface area (Å²) in [6, 6.07) is 5.75. The van der Waals surface area contributed by atoms with Crippen LogP contribution in [-0.2, 0) is 11.3 Å². The van der Waals surface area contributed by atoms with E-state index in [1.165, 1.54) is 0 Å². The molecule has 92 valence electrons. The second-order valence-electron chi connectivity index (χ2n) is 3.99. The fourth-order valence-electron chi connectivity index (χ4n) is 1.54. The van der Waals surface area contributed by atoms with Gasteiger partial charge >= 0.3 is 5.97 Å². The first-order valence-corrected chi connectivity index (χ1v) is 5.25. The van der Waals surface area contributed by atoms with Crippen molar-refractivity contribution in [2.45, 2.75) is 6.54 Å². The number of carbonyl (C=O) groups is 1. The topological polar surface area (TPSA) is 49.8 Å². The van der Waals surface area contributed by atoms with Crippen LogP contribution in [0.25, 0.3) is 6.08 Å². The molecule has 0 aliphatic carbocycles. The molecule has 0 bridgehead atoms. The molecule has 0 radical (unpaired) electrons. The van der Waals surface area contributed by atoms with Crippen LogP contribution in [0.15, 0.2) is 24.3 Å². The van der Waals surface area contributed by atoms with Crippen LogP contribution in [0.5, 0.6) is 5.75 Å². The summed E-state index contributed by atoms with van der Waals surface area (Å²) < 4.78 is 5.18. The molecule has 0 spiro atoms. The average molecular weight is 235 g/mol. The van der Waals surface area contributed by atoms with Crippen LogP contribution in [-0.4, -0.2) is 37.2 Å². The Kier molecular flexibility index (Phi) is 4.72. The summed E-state index contributed by atoms with van der Waals surface area (Å²) in [5, 5.41) is 8.62. The molecule has 0 fully saturated rings. The highest BCUT2D eigenvalue weighted by Gasteiger charge is 2.03. The molecule has 0 saturated heterocycles. The highest BCUT2D eigenvalue weighted by atomic mass is 16.5. The van der Waals surface area contributed by atoms with Gasteiger partial charge < -0.3 is 14.7 Å². The Morgan fingerprint density at radius 2 is 2.18 bits per heavy atom. The smallest absolute Gasteiger partial charge is 0.328 e. The number of hydrogen-bond donors (Lipinski definition) is 1. The molecule has 1 rings (SSSR count). The molecule has 1 N–H and O–H groups in total. The van der Waals surface area contributed by atoms with Crippen molar-refractivity contribution in [2.75, 3.05) is 21.2 Å². The maximum Gasteiger partial charge on any atom is 0.328 e. The number of nitrogens with zero attached hydrogens (tertiary/aromatic N) is 1. The van der Waals surface area contributed by atoms with E-state index in [1.807, 2.05) is 37.2 Å². The maximum atomic E-state index is 10.5. The van der Waals surface area contributed by atoms with Crippen molar-refractivity contribution in [1.82, 2.24) is 4.90 Å². The van der Waals surface area contributed by atoms with E-state index in [1.54, 1.807) is 13.2 Å². The lowest BCUT2D eigenvalue weighted by molar-refractivity contribution is -0.131. The van der Waals surface area contributed by atoms with E-state index >= 15 is 0 Å². The number of rotatable bonds is 5. The number of ether oxygens (including phenoxy) is 1. The lowest BCUT2D eigenvalue weighted by atomic mass is 10.1. The molecule has 0 unspecified atom stereocenters. The number of carboxylic acid groups (broad SMARTS) is 1. The largest absolute Gasteiger partial charge is 0.496 e. The van der Waals surface area contributed by atoms with Crippen molar-refractivity contribution in [1.29, 1.82) is 0 Å². The maximum absolute atomic E-state index is 10.5. The summed E-state index contributed by atoms with van der Waals surface area (Å²) >= 11 is 0. The summed E-state index contributed by atoms with van der Waals surface area (Å²) in [5.74, 6) is -0.296. The Balaban J connectivity index is 3.01. The lowest BCUT2D eigenvalue weighted by Gasteiger charge is -2.12. The van der Waals surface area contributed by atoms with E-state index in [0.29, 0.717) is 5.75 Å². The molecule has 0 aliphatic heterocycles. The molecule has 0 aromatic heterocycles. The third-order valence-electron chi connectivity index (χ3n) is 2.20.